The van der Waals surface area contributed by atoms with Crippen LogP contribution in [-0.2, 0) is 4.79 Å². The molecule has 1 aliphatic rings. The Morgan fingerprint density at radius 2 is 1.95 bits per heavy atom. The largest absolute Gasteiger partial charge is 0.308 e. The molecule has 0 saturated carbocycles. The maximum absolute atomic E-state index is 11.8. The Kier molecular flexibility index (Phi) is 5.80. The molecular formula is C17H21NO. The van der Waals surface area contributed by atoms with Gasteiger partial charge in [0, 0.05) is 5.70 Å². The van der Waals surface area contributed by atoms with Gasteiger partial charge in [-0.1, -0.05) is 55.7 Å². The molecule has 1 fully saturated rings. The summed E-state index contributed by atoms with van der Waals surface area (Å²) >= 11 is 0. The van der Waals surface area contributed by atoms with Gasteiger partial charge >= 0.3 is 0 Å². The third kappa shape index (κ3) is 3.68. The summed E-state index contributed by atoms with van der Waals surface area (Å²) < 4.78 is 0. The number of nitrogens with zero attached hydrogens (tertiary/aromatic N) is 1. The summed E-state index contributed by atoms with van der Waals surface area (Å²) in [4.78, 5) is 13.6. The number of amides is 1. The average Bonchev–Trinajstić information content (AvgIpc) is 2.38. The molecule has 0 aromatic heterocycles. The Hall–Kier alpha value is -2.09. The fourth-order valence-electron chi connectivity index (χ4n) is 2.06. The van der Waals surface area contributed by atoms with Gasteiger partial charge in [0.2, 0.25) is 5.91 Å². The molecule has 1 amide bonds. The van der Waals surface area contributed by atoms with E-state index in [2.05, 4.69) is 13.2 Å². The van der Waals surface area contributed by atoms with Crippen LogP contribution in [0, 0.1) is 0 Å². The van der Waals surface area contributed by atoms with Crippen LogP contribution in [0.2, 0.25) is 0 Å². The van der Waals surface area contributed by atoms with E-state index < -0.39 is 0 Å². The maximum Gasteiger partial charge on any atom is 0.229 e. The van der Waals surface area contributed by atoms with Crippen LogP contribution < -0.4 is 0 Å². The molecule has 1 aliphatic heterocycles. The van der Waals surface area contributed by atoms with Gasteiger partial charge in [0.1, 0.15) is 0 Å². The van der Waals surface area contributed by atoms with E-state index in [4.69, 9.17) is 0 Å². The van der Waals surface area contributed by atoms with Crippen molar-refractivity contribution in [1.82, 2.24) is 4.90 Å². The van der Waals surface area contributed by atoms with Gasteiger partial charge in [0.15, 0.2) is 0 Å². The summed E-state index contributed by atoms with van der Waals surface area (Å²) in [5, 5.41) is 0. The van der Waals surface area contributed by atoms with Gasteiger partial charge in [-0.05, 0) is 25.5 Å². The Morgan fingerprint density at radius 1 is 1.26 bits per heavy atom. The molecule has 0 bridgehead atoms. The van der Waals surface area contributed by atoms with Crippen molar-refractivity contribution in [2.24, 2.45) is 0 Å². The zero-order valence-electron chi connectivity index (χ0n) is 11.7. The molecule has 1 heterocycles. The van der Waals surface area contributed by atoms with Gasteiger partial charge in [-0.15, -0.1) is 0 Å². The van der Waals surface area contributed by atoms with Crippen molar-refractivity contribution in [2.75, 3.05) is 0 Å². The Bertz CT molecular complexity index is 477. The van der Waals surface area contributed by atoms with Crippen molar-refractivity contribution in [3.05, 3.63) is 73.0 Å². The van der Waals surface area contributed by atoms with Crippen LogP contribution in [-0.4, -0.2) is 16.8 Å². The van der Waals surface area contributed by atoms with Crippen molar-refractivity contribution in [2.45, 2.75) is 26.3 Å². The van der Waals surface area contributed by atoms with Crippen LogP contribution in [0.5, 0.6) is 0 Å². The van der Waals surface area contributed by atoms with E-state index in [-0.39, 0.29) is 11.9 Å². The fourth-order valence-corrected chi connectivity index (χ4v) is 2.06. The second-order valence-electron chi connectivity index (χ2n) is 4.30. The number of allylic oxidation sites excluding steroid dienone is 8. The van der Waals surface area contributed by atoms with E-state index in [1.807, 2.05) is 55.2 Å². The predicted molar refractivity (Wildman–Crippen MR) is 81.4 cm³/mol. The number of hydrogen-bond donors (Lipinski definition) is 0. The highest BCUT2D eigenvalue weighted by molar-refractivity contribution is 5.86. The SMILES string of the molecule is C=C/C=C\C=C(/C)N1C(=O)CC1C(/C=C\C=C)=C/C. The predicted octanol–water partition coefficient (Wildman–Crippen LogP) is 3.92. The monoisotopic (exact) mass is 255 g/mol. The van der Waals surface area contributed by atoms with E-state index in [1.165, 1.54) is 0 Å². The molecule has 19 heavy (non-hydrogen) atoms. The molecule has 0 aromatic carbocycles. The zero-order valence-corrected chi connectivity index (χ0v) is 11.7. The lowest BCUT2D eigenvalue weighted by Gasteiger charge is -2.41. The molecule has 0 aromatic rings. The molecule has 0 spiro atoms. The van der Waals surface area contributed by atoms with Crippen LogP contribution >= 0.6 is 0 Å². The maximum atomic E-state index is 11.8. The topological polar surface area (TPSA) is 20.3 Å². The van der Waals surface area contributed by atoms with Gasteiger partial charge in [-0.2, -0.15) is 0 Å². The van der Waals surface area contributed by atoms with Crippen LogP contribution in [0.15, 0.2) is 73.0 Å². The van der Waals surface area contributed by atoms with E-state index in [9.17, 15) is 4.79 Å². The molecule has 1 atom stereocenters. The fraction of sp³-hybridized carbons (Fsp3) is 0.235. The van der Waals surface area contributed by atoms with E-state index >= 15 is 0 Å². The molecule has 100 valence electrons. The third-order valence-corrected chi connectivity index (χ3v) is 3.06. The number of carbonyl (C=O) groups is 1. The number of carbonyl (C=O) groups excluding carboxylic acids is 1. The first-order valence-electron chi connectivity index (χ1n) is 6.39. The highest BCUT2D eigenvalue weighted by Gasteiger charge is 2.38. The van der Waals surface area contributed by atoms with Crippen molar-refractivity contribution >= 4 is 5.91 Å². The molecule has 1 saturated heterocycles. The van der Waals surface area contributed by atoms with Crippen LogP contribution in [0.3, 0.4) is 0 Å². The summed E-state index contributed by atoms with van der Waals surface area (Å²) in [6.07, 6.45) is 15.6. The molecule has 0 N–H and O–H groups in total. The summed E-state index contributed by atoms with van der Waals surface area (Å²) in [6.45, 7) is 11.2. The summed E-state index contributed by atoms with van der Waals surface area (Å²) in [7, 11) is 0. The molecule has 0 aliphatic carbocycles. The molecule has 0 radical (unpaired) electrons. The van der Waals surface area contributed by atoms with Crippen LogP contribution in [0.25, 0.3) is 0 Å². The highest BCUT2D eigenvalue weighted by atomic mass is 16.2. The first-order chi connectivity index (χ1) is 9.15. The lowest BCUT2D eigenvalue weighted by atomic mass is 9.92. The minimum atomic E-state index is 0.141. The molecule has 1 rings (SSSR count). The van der Waals surface area contributed by atoms with Crippen molar-refractivity contribution in [1.29, 1.82) is 0 Å². The van der Waals surface area contributed by atoms with Gasteiger partial charge in [0.25, 0.3) is 0 Å². The lowest BCUT2D eigenvalue weighted by Crippen LogP contribution is -2.51. The quantitative estimate of drug-likeness (QED) is 0.520. The average molecular weight is 255 g/mol. The molecule has 2 heteroatoms. The molecule has 1 unspecified atom stereocenters. The van der Waals surface area contributed by atoms with Crippen molar-refractivity contribution in [3.8, 4) is 0 Å². The first-order valence-corrected chi connectivity index (χ1v) is 6.39. The smallest absolute Gasteiger partial charge is 0.229 e. The first kappa shape index (κ1) is 15.0. The third-order valence-electron chi connectivity index (χ3n) is 3.06. The number of β-lactam (4-membered cyclic amide) rings is 1. The van der Waals surface area contributed by atoms with E-state index in [1.54, 1.807) is 12.2 Å². The Labute approximate surface area is 115 Å². The van der Waals surface area contributed by atoms with E-state index in [0.717, 1.165) is 11.3 Å². The number of rotatable bonds is 6. The Balaban J connectivity index is 2.87. The van der Waals surface area contributed by atoms with Gasteiger partial charge in [-0.25, -0.2) is 0 Å². The van der Waals surface area contributed by atoms with Gasteiger partial charge in [0.05, 0.1) is 12.5 Å². The van der Waals surface area contributed by atoms with Gasteiger partial charge in [-0.3, -0.25) is 4.79 Å². The summed E-state index contributed by atoms with van der Waals surface area (Å²) in [5.74, 6) is 0.164. The van der Waals surface area contributed by atoms with Crippen LogP contribution in [0.1, 0.15) is 20.3 Å². The van der Waals surface area contributed by atoms with Crippen molar-refractivity contribution in [3.63, 3.8) is 0 Å². The van der Waals surface area contributed by atoms with E-state index in [0.29, 0.717) is 6.42 Å². The molecule has 2 nitrogen and oxygen atoms in total. The number of likely N-dealkylation sites (tertiary alicyclic amines) is 1. The second-order valence-corrected chi connectivity index (χ2v) is 4.30. The number of hydrogen-bond acceptors (Lipinski definition) is 1. The molecular weight excluding hydrogens is 234 g/mol. The van der Waals surface area contributed by atoms with Gasteiger partial charge < -0.3 is 4.90 Å². The second kappa shape index (κ2) is 7.37. The minimum absolute atomic E-state index is 0.141. The lowest BCUT2D eigenvalue weighted by molar-refractivity contribution is -0.140. The van der Waals surface area contributed by atoms with Crippen molar-refractivity contribution < 1.29 is 4.79 Å². The zero-order chi connectivity index (χ0) is 14.3. The minimum Gasteiger partial charge on any atom is -0.308 e. The highest BCUT2D eigenvalue weighted by Crippen LogP contribution is 2.30. The standard InChI is InChI=1S/C17H21NO/c1-5-8-10-11-14(4)18-16(13-17(18)19)15(7-3)12-9-6-2/h5-12,16H,1-2,13H2,3-4H3/b10-8-,12-9-,14-11+,15-7+. The Morgan fingerprint density at radius 3 is 2.47 bits per heavy atom. The normalized spacial score (nSPS) is 21.1. The summed E-state index contributed by atoms with van der Waals surface area (Å²) in [5.41, 5.74) is 2.09. The summed E-state index contributed by atoms with van der Waals surface area (Å²) in [6, 6.07) is 0.141. The van der Waals surface area contributed by atoms with Crippen LogP contribution in [0.4, 0.5) is 0 Å².